The topological polar surface area (TPSA) is 53.1 Å². The van der Waals surface area contributed by atoms with Crippen molar-refractivity contribution in [2.24, 2.45) is 11.8 Å². The Bertz CT molecular complexity index is 705. The van der Waals surface area contributed by atoms with Crippen LogP contribution >= 0.6 is 0 Å². The summed E-state index contributed by atoms with van der Waals surface area (Å²) in [5.41, 5.74) is 1.00. The Morgan fingerprint density at radius 1 is 1.08 bits per heavy atom. The van der Waals surface area contributed by atoms with Crippen LogP contribution in [0.1, 0.15) is 39.5 Å². The van der Waals surface area contributed by atoms with Crippen LogP contribution < -0.4 is 15.5 Å². The van der Waals surface area contributed by atoms with Gasteiger partial charge in [-0.3, -0.25) is 0 Å². The molecule has 0 saturated heterocycles. The molecule has 1 aromatic heterocycles. The van der Waals surface area contributed by atoms with E-state index in [4.69, 9.17) is 9.97 Å². The second-order valence-electron chi connectivity index (χ2n) is 8.20. The van der Waals surface area contributed by atoms with Crippen molar-refractivity contribution in [2.45, 2.75) is 45.6 Å². The van der Waals surface area contributed by atoms with Crippen LogP contribution in [0.15, 0.2) is 24.3 Å². The van der Waals surface area contributed by atoms with Gasteiger partial charge in [0.1, 0.15) is 5.82 Å². The van der Waals surface area contributed by atoms with Crippen LogP contribution in [0.2, 0.25) is 0 Å². The highest BCUT2D eigenvalue weighted by Gasteiger charge is 2.22. The minimum absolute atomic E-state index is 0.479. The largest absolute Gasteiger partial charge is 0.362 e. The molecule has 26 heavy (non-hydrogen) atoms. The molecular formula is C21H33N5. The number of benzene rings is 1. The fourth-order valence-corrected chi connectivity index (χ4v) is 3.73. The third kappa shape index (κ3) is 4.85. The first-order valence-corrected chi connectivity index (χ1v) is 9.94. The van der Waals surface area contributed by atoms with Gasteiger partial charge in [0.25, 0.3) is 0 Å². The zero-order chi connectivity index (χ0) is 18.5. The Labute approximate surface area is 157 Å². The van der Waals surface area contributed by atoms with Crippen LogP contribution in [0.5, 0.6) is 0 Å². The lowest BCUT2D eigenvalue weighted by molar-refractivity contribution is 0.320. The van der Waals surface area contributed by atoms with E-state index in [-0.39, 0.29) is 0 Å². The molecule has 3 rings (SSSR count). The van der Waals surface area contributed by atoms with Gasteiger partial charge in [0.05, 0.1) is 5.52 Å². The van der Waals surface area contributed by atoms with Crippen molar-refractivity contribution in [2.75, 3.05) is 37.4 Å². The monoisotopic (exact) mass is 355 g/mol. The molecule has 5 nitrogen and oxygen atoms in total. The smallest absolute Gasteiger partial charge is 0.225 e. The summed E-state index contributed by atoms with van der Waals surface area (Å²) in [5.74, 6) is 3.27. The minimum Gasteiger partial charge on any atom is -0.362 e. The van der Waals surface area contributed by atoms with E-state index in [1.807, 2.05) is 26.2 Å². The third-order valence-corrected chi connectivity index (χ3v) is 5.17. The Kier molecular flexibility index (Phi) is 6.30. The Morgan fingerprint density at radius 2 is 1.81 bits per heavy atom. The maximum Gasteiger partial charge on any atom is 0.225 e. The van der Waals surface area contributed by atoms with E-state index < -0.39 is 0 Å². The Hall–Kier alpha value is -1.88. The number of para-hydroxylation sites is 1. The first-order valence-electron chi connectivity index (χ1n) is 9.94. The number of rotatable bonds is 7. The molecule has 1 heterocycles. The molecule has 1 aromatic carbocycles. The van der Waals surface area contributed by atoms with Gasteiger partial charge in [-0.15, -0.1) is 0 Å². The Morgan fingerprint density at radius 3 is 2.50 bits per heavy atom. The molecule has 0 bridgehead atoms. The molecule has 2 N–H and O–H groups in total. The van der Waals surface area contributed by atoms with E-state index in [0.717, 1.165) is 47.6 Å². The highest BCUT2D eigenvalue weighted by atomic mass is 15.2. The lowest BCUT2D eigenvalue weighted by Gasteiger charge is -2.29. The number of hydrogen-bond acceptors (Lipinski definition) is 5. The van der Waals surface area contributed by atoms with Crippen molar-refractivity contribution >= 4 is 22.7 Å². The van der Waals surface area contributed by atoms with E-state index >= 15 is 0 Å². The molecule has 142 valence electrons. The van der Waals surface area contributed by atoms with Gasteiger partial charge in [-0.05, 0) is 62.7 Å². The van der Waals surface area contributed by atoms with Crippen molar-refractivity contribution in [1.29, 1.82) is 0 Å². The molecule has 1 aliphatic carbocycles. The first kappa shape index (κ1) is 18.9. The predicted octanol–water partition coefficient (Wildman–Crippen LogP) is 3.91. The van der Waals surface area contributed by atoms with Crippen LogP contribution in [0.4, 0.5) is 11.8 Å². The molecule has 0 unspecified atom stereocenters. The minimum atomic E-state index is 0.479. The van der Waals surface area contributed by atoms with E-state index in [1.54, 1.807) is 0 Å². The summed E-state index contributed by atoms with van der Waals surface area (Å²) in [6.07, 6.45) is 4.94. The summed E-state index contributed by atoms with van der Waals surface area (Å²) >= 11 is 0. The van der Waals surface area contributed by atoms with Gasteiger partial charge in [0.15, 0.2) is 0 Å². The van der Waals surface area contributed by atoms with E-state index in [9.17, 15) is 0 Å². The highest BCUT2D eigenvalue weighted by molar-refractivity contribution is 5.90. The van der Waals surface area contributed by atoms with Gasteiger partial charge >= 0.3 is 0 Å². The molecule has 5 heteroatoms. The van der Waals surface area contributed by atoms with E-state index in [2.05, 4.69) is 41.5 Å². The summed E-state index contributed by atoms with van der Waals surface area (Å²) < 4.78 is 0. The second-order valence-corrected chi connectivity index (χ2v) is 8.20. The maximum absolute atomic E-state index is 4.77. The van der Waals surface area contributed by atoms with Crippen molar-refractivity contribution in [3.63, 3.8) is 0 Å². The summed E-state index contributed by atoms with van der Waals surface area (Å²) in [4.78, 5) is 11.6. The second kappa shape index (κ2) is 8.67. The summed E-state index contributed by atoms with van der Waals surface area (Å²) in [5, 5.41) is 8.30. The Balaban J connectivity index is 1.60. The van der Waals surface area contributed by atoms with Gasteiger partial charge in [-0.2, -0.15) is 4.98 Å². The van der Waals surface area contributed by atoms with Gasteiger partial charge < -0.3 is 15.5 Å². The molecule has 0 radical (unpaired) electrons. The maximum atomic E-state index is 4.77. The molecule has 1 saturated carbocycles. The molecular weight excluding hydrogens is 322 g/mol. The lowest BCUT2D eigenvalue weighted by Crippen LogP contribution is -2.33. The van der Waals surface area contributed by atoms with Crippen LogP contribution in [-0.4, -0.2) is 43.2 Å². The molecule has 2 aromatic rings. The average molecular weight is 356 g/mol. The molecule has 1 aliphatic rings. The predicted molar refractivity (Wildman–Crippen MR) is 111 cm³/mol. The number of aromatic nitrogens is 2. The fourth-order valence-electron chi connectivity index (χ4n) is 3.73. The van der Waals surface area contributed by atoms with Crippen molar-refractivity contribution in [1.82, 2.24) is 15.3 Å². The summed E-state index contributed by atoms with van der Waals surface area (Å²) in [6, 6.07) is 8.71. The first-order chi connectivity index (χ1) is 12.5. The van der Waals surface area contributed by atoms with Gasteiger partial charge in [-0.1, -0.05) is 26.0 Å². The summed E-state index contributed by atoms with van der Waals surface area (Å²) in [6.45, 7) is 6.80. The number of hydrogen-bond donors (Lipinski definition) is 2. The number of nitrogens with zero attached hydrogens (tertiary/aromatic N) is 3. The lowest BCUT2D eigenvalue weighted by atomic mass is 9.86. The number of anilines is 2. The molecule has 0 aliphatic heterocycles. The number of nitrogens with one attached hydrogen (secondary N) is 2. The molecule has 0 amide bonds. The van der Waals surface area contributed by atoms with Crippen molar-refractivity contribution in [3.8, 4) is 0 Å². The van der Waals surface area contributed by atoms with Gasteiger partial charge in [-0.25, -0.2) is 4.98 Å². The van der Waals surface area contributed by atoms with E-state index in [0.29, 0.717) is 6.04 Å². The zero-order valence-corrected chi connectivity index (χ0v) is 16.6. The highest BCUT2D eigenvalue weighted by Crippen LogP contribution is 2.28. The molecule has 0 spiro atoms. The zero-order valence-electron chi connectivity index (χ0n) is 16.6. The normalized spacial score (nSPS) is 20.5. The standard InChI is InChI=1S/C21H33N5/c1-15(2)13-22-14-16-9-11-17(12-10-16)23-21-24-19-8-6-5-7-18(19)20(25-21)26(3)4/h5-8,15-17,22H,9-14H2,1-4H3,(H,23,24,25). The molecule has 0 atom stereocenters. The SMILES string of the molecule is CC(C)CNCC1CCC(Nc2nc(N(C)C)c3ccccc3n2)CC1. The average Bonchev–Trinajstić information content (AvgIpc) is 2.62. The van der Waals surface area contributed by atoms with Crippen LogP contribution in [0, 0.1) is 11.8 Å². The van der Waals surface area contributed by atoms with Crippen LogP contribution in [-0.2, 0) is 0 Å². The number of fused-ring (bicyclic) bond motifs is 1. The van der Waals surface area contributed by atoms with Gasteiger partial charge in [0.2, 0.25) is 5.95 Å². The van der Waals surface area contributed by atoms with Gasteiger partial charge in [0, 0.05) is 25.5 Å². The molecule has 1 fully saturated rings. The quantitative estimate of drug-likeness (QED) is 0.788. The van der Waals surface area contributed by atoms with Crippen molar-refractivity contribution in [3.05, 3.63) is 24.3 Å². The van der Waals surface area contributed by atoms with Crippen LogP contribution in [0.25, 0.3) is 10.9 Å². The van der Waals surface area contributed by atoms with Crippen LogP contribution in [0.3, 0.4) is 0 Å². The van der Waals surface area contributed by atoms with E-state index in [1.165, 1.54) is 25.7 Å². The third-order valence-electron chi connectivity index (χ3n) is 5.17. The fraction of sp³-hybridized carbons (Fsp3) is 0.619. The summed E-state index contributed by atoms with van der Waals surface area (Å²) in [7, 11) is 4.07. The van der Waals surface area contributed by atoms with Crippen molar-refractivity contribution < 1.29 is 0 Å².